The Labute approximate surface area is 124 Å². The lowest BCUT2D eigenvalue weighted by Crippen LogP contribution is -2.40. The van der Waals surface area contributed by atoms with Crippen LogP contribution in [0.5, 0.6) is 0 Å². The molecule has 0 aliphatic carbocycles. The standard InChI is InChI=1S/C14H22N4O3/c1-10(2)18-9-15-16-12(18)5-17-4-11-6-21-8-14(11,7-17)13(19)20-3/h9-11H,4-8H2,1-3H3/t11-,14-/m0/s1. The molecule has 0 radical (unpaired) electrons. The Bertz CT molecular complexity index is 530. The maximum atomic E-state index is 12.2. The van der Waals surface area contributed by atoms with Crippen molar-refractivity contribution in [1.29, 1.82) is 0 Å². The Morgan fingerprint density at radius 2 is 2.43 bits per heavy atom. The van der Waals surface area contributed by atoms with Gasteiger partial charge in [0, 0.05) is 25.0 Å². The summed E-state index contributed by atoms with van der Waals surface area (Å²) in [5.74, 6) is 0.990. The van der Waals surface area contributed by atoms with Gasteiger partial charge < -0.3 is 14.0 Å². The largest absolute Gasteiger partial charge is 0.468 e. The van der Waals surface area contributed by atoms with Crippen molar-refractivity contribution in [3.05, 3.63) is 12.2 Å². The summed E-state index contributed by atoms with van der Waals surface area (Å²) in [6.45, 7) is 7.49. The molecule has 0 bridgehead atoms. The van der Waals surface area contributed by atoms with Crippen LogP contribution < -0.4 is 0 Å². The molecule has 2 aliphatic heterocycles. The van der Waals surface area contributed by atoms with E-state index in [1.165, 1.54) is 7.11 Å². The number of hydrogen-bond donors (Lipinski definition) is 0. The summed E-state index contributed by atoms with van der Waals surface area (Å²) in [5, 5.41) is 8.20. The van der Waals surface area contributed by atoms with Crippen LogP contribution >= 0.6 is 0 Å². The number of hydrogen-bond acceptors (Lipinski definition) is 6. The van der Waals surface area contributed by atoms with Crippen LogP contribution in [0.3, 0.4) is 0 Å². The van der Waals surface area contributed by atoms with Gasteiger partial charge >= 0.3 is 5.97 Å². The molecule has 7 heteroatoms. The fourth-order valence-corrected chi connectivity index (χ4v) is 3.46. The van der Waals surface area contributed by atoms with Crippen molar-refractivity contribution < 1.29 is 14.3 Å². The number of aromatic nitrogens is 3. The zero-order valence-corrected chi connectivity index (χ0v) is 12.8. The van der Waals surface area contributed by atoms with E-state index in [4.69, 9.17) is 9.47 Å². The van der Waals surface area contributed by atoms with Gasteiger partial charge in [-0.05, 0) is 13.8 Å². The van der Waals surface area contributed by atoms with E-state index in [1.807, 2.05) is 0 Å². The maximum Gasteiger partial charge on any atom is 0.315 e. The highest BCUT2D eigenvalue weighted by Crippen LogP contribution is 2.42. The molecule has 0 amide bonds. The third kappa shape index (κ3) is 2.34. The third-order valence-electron chi connectivity index (χ3n) is 4.61. The van der Waals surface area contributed by atoms with Gasteiger partial charge in [0.05, 0.1) is 26.9 Å². The van der Waals surface area contributed by atoms with Gasteiger partial charge in [-0.15, -0.1) is 10.2 Å². The van der Waals surface area contributed by atoms with Crippen LogP contribution in [0, 0.1) is 11.3 Å². The molecule has 0 aromatic carbocycles. The molecule has 2 atom stereocenters. The number of carbonyl (C=O) groups is 1. The minimum atomic E-state index is -0.503. The predicted molar refractivity (Wildman–Crippen MR) is 74.4 cm³/mol. The number of esters is 1. The summed E-state index contributed by atoms with van der Waals surface area (Å²) in [6, 6.07) is 0.329. The molecule has 116 valence electrons. The Balaban J connectivity index is 1.75. The average molecular weight is 294 g/mol. The van der Waals surface area contributed by atoms with Gasteiger partial charge in [-0.1, -0.05) is 0 Å². The molecule has 1 aromatic heterocycles. The maximum absolute atomic E-state index is 12.2. The fraction of sp³-hybridized carbons (Fsp3) is 0.786. The number of ether oxygens (including phenoxy) is 2. The number of nitrogens with zero attached hydrogens (tertiary/aromatic N) is 4. The molecule has 2 aliphatic rings. The first-order chi connectivity index (χ1) is 10.1. The smallest absolute Gasteiger partial charge is 0.315 e. The van der Waals surface area contributed by atoms with Gasteiger partial charge in [-0.25, -0.2) is 0 Å². The van der Waals surface area contributed by atoms with Gasteiger partial charge in [0.2, 0.25) is 0 Å². The van der Waals surface area contributed by atoms with E-state index >= 15 is 0 Å². The third-order valence-corrected chi connectivity index (χ3v) is 4.61. The summed E-state index contributed by atoms with van der Waals surface area (Å²) in [7, 11) is 1.45. The van der Waals surface area contributed by atoms with Crippen LogP contribution in [0.15, 0.2) is 6.33 Å². The summed E-state index contributed by atoms with van der Waals surface area (Å²) in [5.41, 5.74) is -0.503. The van der Waals surface area contributed by atoms with E-state index in [0.717, 1.165) is 12.4 Å². The van der Waals surface area contributed by atoms with Crippen LogP contribution in [-0.4, -0.2) is 59.0 Å². The SMILES string of the molecule is COC(=O)[C@@]12COC[C@@H]1CN(Cc1nncn1C(C)C)C2. The van der Waals surface area contributed by atoms with Gasteiger partial charge in [-0.3, -0.25) is 9.69 Å². The lowest BCUT2D eigenvalue weighted by molar-refractivity contribution is -0.153. The summed E-state index contributed by atoms with van der Waals surface area (Å²) >= 11 is 0. The quantitative estimate of drug-likeness (QED) is 0.752. The van der Waals surface area contributed by atoms with E-state index in [0.29, 0.717) is 32.3 Å². The first-order valence-corrected chi connectivity index (χ1v) is 7.33. The highest BCUT2D eigenvalue weighted by molar-refractivity contribution is 5.78. The van der Waals surface area contributed by atoms with Gasteiger partial charge in [0.1, 0.15) is 17.6 Å². The first-order valence-electron chi connectivity index (χ1n) is 7.33. The van der Waals surface area contributed by atoms with Crippen LogP contribution in [-0.2, 0) is 20.8 Å². The van der Waals surface area contributed by atoms with Crippen LogP contribution in [0.25, 0.3) is 0 Å². The topological polar surface area (TPSA) is 69.5 Å². The van der Waals surface area contributed by atoms with Crippen molar-refractivity contribution in [1.82, 2.24) is 19.7 Å². The minimum absolute atomic E-state index is 0.155. The first kappa shape index (κ1) is 14.5. The Hall–Kier alpha value is -1.47. The van der Waals surface area contributed by atoms with Crippen molar-refractivity contribution in [3.8, 4) is 0 Å². The monoisotopic (exact) mass is 294 g/mol. The molecule has 3 rings (SSSR count). The molecular weight excluding hydrogens is 272 g/mol. The normalized spacial score (nSPS) is 29.0. The number of fused-ring (bicyclic) bond motifs is 1. The molecule has 2 fully saturated rings. The molecule has 7 nitrogen and oxygen atoms in total. The summed E-state index contributed by atoms with van der Waals surface area (Å²) in [6.07, 6.45) is 1.76. The molecule has 0 spiro atoms. The number of methoxy groups -OCH3 is 1. The van der Waals surface area contributed by atoms with E-state index < -0.39 is 5.41 Å². The van der Waals surface area contributed by atoms with Gasteiger partial charge in [0.25, 0.3) is 0 Å². The summed E-state index contributed by atoms with van der Waals surface area (Å²) in [4.78, 5) is 14.4. The van der Waals surface area contributed by atoms with Crippen molar-refractivity contribution in [2.75, 3.05) is 33.4 Å². The van der Waals surface area contributed by atoms with Crippen molar-refractivity contribution in [2.45, 2.75) is 26.4 Å². The second-order valence-electron chi connectivity index (χ2n) is 6.28. The second-order valence-corrected chi connectivity index (χ2v) is 6.28. The average Bonchev–Trinajstić information content (AvgIpc) is 3.11. The molecule has 3 heterocycles. The highest BCUT2D eigenvalue weighted by Gasteiger charge is 2.56. The van der Waals surface area contributed by atoms with Gasteiger partial charge in [-0.2, -0.15) is 0 Å². The summed E-state index contributed by atoms with van der Waals surface area (Å²) < 4.78 is 12.6. The van der Waals surface area contributed by atoms with E-state index in [-0.39, 0.29) is 11.9 Å². The number of carbonyl (C=O) groups excluding carboxylic acids is 1. The number of rotatable bonds is 4. The van der Waals surface area contributed by atoms with Crippen molar-refractivity contribution in [2.24, 2.45) is 11.3 Å². The molecular formula is C14H22N4O3. The van der Waals surface area contributed by atoms with Crippen LogP contribution in [0.1, 0.15) is 25.7 Å². The lowest BCUT2D eigenvalue weighted by Gasteiger charge is -2.24. The molecule has 21 heavy (non-hydrogen) atoms. The van der Waals surface area contributed by atoms with Crippen LogP contribution in [0.4, 0.5) is 0 Å². The Kier molecular flexibility index (Phi) is 3.71. The molecule has 0 saturated carbocycles. The Morgan fingerprint density at radius 1 is 1.62 bits per heavy atom. The Morgan fingerprint density at radius 3 is 3.14 bits per heavy atom. The van der Waals surface area contributed by atoms with E-state index in [9.17, 15) is 4.79 Å². The molecule has 1 aromatic rings. The van der Waals surface area contributed by atoms with E-state index in [1.54, 1.807) is 6.33 Å². The fourth-order valence-electron chi connectivity index (χ4n) is 3.46. The molecule has 0 N–H and O–H groups in total. The molecule has 2 saturated heterocycles. The zero-order valence-electron chi connectivity index (χ0n) is 12.8. The number of likely N-dealkylation sites (tertiary alicyclic amines) is 1. The van der Waals surface area contributed by atoms with Crippen LogP contribution in [0.2, 0.25) is 0 Å². The highest BCUT2D eigenvalue weighted by atomic mass is 16.5. The second kappa shape index (κ2) is 5.38. The van der Waals surface area contributed by atoms with Crippen molar-refractivity contribution in [3.63, 3.8) is 0 Å². The predicted octanol–water partition coefficient (Wildman–Crippen LogP) is 0.480. The zero-order chi connectivity index (χ0) is 15.0. The van der Waals surface area contributed by atoms with E-state index in [2.05, 4.69) is 33.5 Å². The van der Waals surface area contributed by atoms with Gasteiger partial charge in [0.15, 0.2) is 0 Å². The molecule has 0 unspecified atom stereocenters. The minimum Gasteiger partial charge on any atom is -0.468 e. The van der Waals surface area contributed by atoms with Crippen molar-refractivity contribution >= 4 is 5.97 Å². The lowest BCUT2D eigenvalue weighted by atomic mass is 9.81.